The predicted molar refractivity (Wildman–Crippen MR) is 94.5 cm³/mol. The van der Waals surface area contributed by atoms with E-state index in [0.29, 0.717) is 17.1 Å². The fourth-order valence-electron chi connectivity index (χ4n) is 2.86. The lowest BCUT2D eigenvalue weighted by atomic mass is 10.1. The number of carbonyl (C=O) groups excluding carboxylic acids is 2. The van der Waals surface area contributed by atoms with Gasteiger partial charge in [-0.2, -0.15) is 0 Å². The van der Waals surface area contributed by atoms with Crippen molar-refractivity contribution < 1.29 is 23.8 Å². The van der Waals surface area contributed by atoms with Gasteiger partial charge in [0, 0.05) is 17.7 Å². The summed E-state index contributed by atoms with van der Waals surface area (Å²) in [5.41, 5.74) is 0.682. The zero-order chi connectivity index (χ0) is 18.2. The van der Waals surface area contributed by atoms with Crippen molar-refractivity contribution in [3.05, 3.63) is 29.8 Å². The molecule has 1 amide bonds. The Balaban J connectivity index is 1.92. The van der Waals surface area contributed by atoms with Gasteiger partial charge in [0.15, 0.2) is 17.6 Å². The molecule has 1 aromatic rings. The smallest absolute Gasteiger partial charge is 0.331 e. The highest BCUT2D eigenvalue weighted by atomic mass is 16.5. The Morgan fingerprint density at radius 2 is 1.92 bits per heavy atom. The maximum Gasteiger partial charge on any atom is 0.331 e. The molecule has 6 heteroatoms. The summed E-state index contributed by atoms with van der Waals surface area (Å²) in [7, 11) is 3.08. The third-order valence-corrected chi connectivity index (χ3v) is 4.20. The van der Waals surface area contributed by atoms with Gasteiger partial charge in [0.2, 0.25) is 0 Å². The number of rotatable bonds is 7. The number of ether oxygens (including phenoxy) is 3. The van der Waals surface area contributed by atoms with Crippen LogP contribution in [0.4, 0.5) is 0 Å². The first-order chi connectivity index (χ1) is 12.0. The van der Waals surface area contributed by atoms with Gasteiger partial charge in [-0.05, 0) is 31.9 Å². The van der Waals surface area contributed by atoms with Gasteiger partial charge in [0.1, 0.15) is 0 Å². The fourth-order valence-corrected chi connectivity index (χ4v) is 2.86. The number of carbonyl (C=O) groups is 2. The van der Waals surface area contributed by atoms with E-state index in [1.807, 2.05) is 0 Å². The Bertz CT molecular complexity index is 635. The summed E-state index contributed by atoms with van der Waals surface area (Å²) in [6.07, 6.45) is 6.25. The maximum absolute atomic E-state index is 12.0. The summed E-state index contributed by atoms with van der Waals surface area (Å²) < 4.78 is 15.7. The lowest BCUT2D eigenvalue weighted by Crippen LogP contribution is -2.40. The zero-order valence-electron chi connectivity index (χ0n) is 14.9. The summed E-state index contributed by atoms with van der Waals surface area (Å²) in [5, 5.41) is 2.91. The van der Waals surface area contributed by atoms with Crippen LogP contribution in [0.15, 0.2) is 24.3 Å². The van der Waals surface area contributed by atoms with E-state index in [0.717, 1.165) is 25.7 Å². The number of benzene rings is 1. The molecule has 0 unspecified atom stereocenters. The number of esters is 1. The molecule has 0 bridgehead atoms. The van der Waals surface area contributed by atoms with E-state index in [4.69, 9.17) is 14.2 Å². The van der Waals surface area contributed by atoms with Crippen molar-refractivity contribution in [3.8, 4) is 11.5 Å². The molecule has 0 spiro atoms. The monoisotopic (exact) mass is 347 g/mol. The van der Waals surface area contributed by atoms with Crippen LogP contribution in [-0.4, -0.2) is 38.2 Å². The molecular formula is C19H25NO5. The Labute approximate surface area is 148 Å². The van der Waals surface area contributed by atoms with Crippen molar-refractivity contribution in [1.82, 2.24) is 5.32 Å². The minimum absolute atomic E-state index is 0.199. The molecule has 0 heterocycles. The van der Waals surface area contributed by atoms with Crippen LogP contribution in [-0.2, 0) is 14.3 Å². The number of methoxy groups -OCH3 is 2. The van der Waals surface area contributed by atoms with Crippen LogP contribution in [0.2, 0.25) is 0 Å². The summed E-state index contributed by atoms with van der Waals surface area (Å²) in [5.74, 6) is 0.259. The molecule has 1 aliphatic carbocycles. The van der Waals surface area contributed by atoms with Crippen LogP contribution in [0, 0.1) is 0 Å². The van der Waals surface area contributed by atoms with E-state index in [1.54, 1.807) is 38.3 Å². The number of hydrogen-bond acceptors (Lipinski definition) is 5. The Morgan fingerprint density at radius 1 is 1.20 bits per heavy atom. The second-order valence-corrected chi connectivity index (χ2v) is 5.99. The van der Waals surface area contributed by atoms with Gasteiger partial charge >= 0.3 is 5.97 Å². The first-order valence-corrected chi connectivity index (χ1v) is 8.45. The van der Waals surface area contributed by atoms with Gasteiger partial charge in [0.05, 0.1) is 14.2 Å². The predicted octanol–water partition coefficient (Wildman–Crippen LogP) is 2.71. The molecule has 0 aliphatic heterocycles. The molecule has 136 valence electrons. The standard InChI is InChI=1S/C19H25NO5/c1-13(19(22)20-15-8-4-5-9-15)25-17(21)12-11-14-7-6-10-16(23-2)18(14)24-3/h6-7,10-13,15H,4-5,8-9H2,1-3H3,(H,20,22)/b12-11+/t13-/m0/s1. The van der Waals surface area contributed by atoms with E-state index in [-0.39, 0.29) is 11.9 Å². The minimum Gasteiger partial charge on any atom is -0.493 e. The molecule has 1 atom stereocenters. The van der Waals surface area contributed by atoms with E-state index in [1.165, 1.54) is 13.2 Å². The van der Waals surface area contributed by atoms with Crippen molar-refractivity contribution in [2.75, 3.05) is 14.2 Å². The van der Waals surface area contributed by atoms with Crippen LogP contribution in [0.25, 0.3) is 6.08 Å². The van der Waals surface area contributed by atoms with Crippen molar-refractivity contribution in [2.24, 2.45) is 0 Å². The van der Waals surface area contributed by atoms with Crippen molar-refractivity contribution in [1.29, 1.82) is 0 Å². The number of para-hydroxylation sites is 1. The second kappa shape index (κ2) is 9.11. The molecule has 1 aliphatic rings. The summed E-state index contributed by atoms with van der Waals surface area (Å²) >= 11 is 0. The molecule has 6 nitrogen and oxygen atoms in total. The SMILES string of the molecule is COc1cccc(/C=C/C(=O)O[C@@H](C)C(=O)NC2CCCC2)c1OC. The lowest BCUT2D eigenvalue weighted by molar-refractivity contribution is -0.150. The summed E-state index contributed by atoms with van der Waals surface area (Å²) in [4.78, 5) is 24.0. The van der Waals surface area contributed by atoms with E-state index in [9.17, 15) is 9.59 Å². The molecule has 1 aromatic carbocycles. The van der Waals surface area contributed by atoms with Gasteiger partial charge in [0.25, 0.3) is 5.91 Å². The molecule has 25 heavy (non-hydrogen) atoms. The van der Waals surface area contributed by atoms with Crippen LogP contribution in [0.1, 0.15) is 38.2 Å². The largest absolute Gasteiger partial charge is 0.493 e. The number of nitrogens with one attached hydrogen (secondary N) is 1. The van der Waals surface area contributed by atoms with Crippen LogP contribution < -0.4 is 14.8 Å². The Morgan fingerprint density at radius 3 is 2.56 bits per heavy atom. The van der Waals surface area contributed by atoms with Crippen molar-refractivity contribution in [3.63, 3.8) is 0 Å². The summed E-state index contributed by atoms with van der Waals surface area (Å²) in [6, 6.07) is 5.56. The van der Waals surface area contributed by atoms with Gasteiger partial charge in [-0.25, -0.2) is 4.79 Å². The minimum atomic E-state index is -0.829. The second-order valence-electron chi connectivity index (χ2n) is 5.99. The third kappa shape index (κ3) is 5.24. The van der Waals surface area contributed by atoms with Gasteiger partial charge in [-0.1, -0.05) is 25.0 Å². The van der Waals surface area contributed by atoms with Gasteiger partial charge in [-0.15, -0.1) is 0 Å². The molecule has 0 aromatic heterocycles. The topological polar surface area (TPSA) is 73.9 Å². The van der Waals surface area contributed by atoms with E-state index >= 15 is 0 Å². The molecule has 0 radical (unpaired) electrons. The fraction of sp³-hybridized carbons (Fsp3) is 0.474. The van der Waals surface area contributed by atoms with Crippen LogP contribution >= 0.6 is 0 Å². The Kier molecular flexibility index (Phi) is 6.86. The van der Waals surface area contributed by atoms with Crippen molar-refractivity contribution in [2.45, 2.75) is 44.8 Å². The van der Waals surface area contributed by atoms with Gasteiger partial charge in [-0.3, -0.25) is 4.79 Å². The highest BCUT2D eigenvalue weighted by Gasteiger charge is 2.22. The number of amides is 1. The van der Waals surface area contributed by atoms with Crippen LogP contribution in [0.3, 0.4) is 0 Å². The normalized spacial score (nSPS) is 15.8. The summed E-state index contributed by atoms with van der Waals surface area (Å²) in [6.45, 7) is 1.57. The average molecular weight is 347 g/mol. The lowest BCUT2D eigenvalue weighted by Gasteiger charge is -2.16. The highest BCUT2D eigenvalue weighted by Crippen LogP contribution is 2.31. The molecule has 1 fully saturated rings. The first-order valence-electron chi connectivity index (χ1n) is 8.45. The molecule has 1 N–H and O–H groups in total. The third-order valence-electron chi connectivity index (χ3n) is 4.20. The maximum atomic E-state index is 12.0. The average Bonchev–Trinajstić information content (AvgIpc) is 3.12. The molecule has 0 saturated heterocycles. The molecular weight excluding hydrogens is 322 g/mol. The highest BCUT2D eigenvalue weighted by molar-refractivity contribution is 5.90. The van der Waals surface area contributed by atoms with Gasteiger partial charge < -0.3 is 19.5 Å². The van der Waals surface area contributed by atoms with E-state index < -0.39 is 12.1 Å². The number of hydrogen-bond donors (Lipinski definition) is 1. The molecule has 1 saturated carbocycles. The van der Waals surface area contributed by atoms with Crippen molar-refractivity contribution >= 4 is 18.0 Å². The molecule has 2 rings (SSSR count). The quantitative estimate of drug-likeness (QED) is 0.606. The first kappa shape index (κ1) is 18.8. The Hall–Kier alpha value is -2.50. The van der Waals surface area contributed by atoms with Crippen LogP contribution in [0.5, 0.6) is 11.5 Å². The van der Waals surface area contributed by atoms with E-state index in [2.05, 4.69) is 5.32 Å². The zero-order valence-corrected chi connectivity index (χ0v) is 14.9.